The minimum atomic E-state index is 0.331. The van der Waals surface area contributed by atoms with Gasteiger partial charge in [0.05, 0.1) is 0 Å². The number of nitrogens with two attached hydrogens (primary N) is 1. The number of hydrogen-bond acceptors (Lipinski definition) is 2. The average Bonchev–Trinajstić information content (AvgIpc) is 2.77. The van der Waals surface area contributed by atoms with E-state index in [4.69, 9.17) is 10.5 Å². The molecular weight excluding hydrogens is 198 g/mol. The Labute approximate surface area is 97.8 Å². The second-order valence-corrected chi connectivity index (χ2v) is 4.58. The minimum absolute atomic E-state index is 0.331. The molecule has 0 radical (unpaired) electrons. The zero-order valence-corrected chi connectivity index (χ0v) is 9.99. The number of ether oxygens (including phenoxy) is 1. The standard InChI is InChI=1S/C14H21NO/c1-2-11-6-8-13(9-7-11)16-14-5-3-4-12(14)10-15/h6-9,12,14H,2-5,10,15H2,1H3. The van der Waals surface area contributed by atoms with E-state index in [1.54, 1.807) is 0 Å². The molecule has 2 nitrogen and oxygen atoms in total. The molecule has 88 valence electrons. The second-order valence-electron chi connectivity index (χ2n) is 4.58. The molecular formula is C14H21NO. The van der Waals surface area contributed by atoms with E-state index in [2.05, 4.69) is 31.2 Å². The normalized spacial score (nSPS) is 24.6. The van der Waals surface area contributed by atoms with Crippen LogP contribution >= 0.6 is 0 Å². The van der Waals surface area contributed by atoms with E-state index in [1.807, 2.05) is 0 Å². The fraction of sp³-hybridized carbons (Fsp3) is 0.571. The number of aryl methyl sites for hydroxylation is 1. The summed E-state index contributed by atoms with van der Waals surface area (Å²) in [5.74, 6) is 1.54. The van der Waals surface area contributed by atoms with E-state index in [1.165, 1.54) is 18.4 Å². The highest BCUT2D eigenvalue weighted by atomic mass is 16.5. The Kier molecular flexibility index (Phi) is 3.83. The molecule has 0 amide bonds. The first-order valence-corrected chi connectivity index (χ1v) is 6.29. The summed E-state index contributed by atoms with van der Waals surface area (Å²) in [7, 11) is 0. The van der Waals surface area contributed by atoms with E-state index in [-0.39, 0.29) is 0 Å². The lowest BCUT2D eigenvalue weighted by Gasteiger charge is -2.19. The lowest BCUT2D eigenvalue weighted by Crippen LogP contribution is -2.27. The third-order valence-electron chi connectivity index (χ3n) is 3.51. The molecule has 0 heterocycles. The predicted octanol–water partition coefficient (Wildman–Crippen LogP) is 2.76. The SMILES string of the molecule is CCc1ccc(OC2CCCC2CN)cc1. The summed E-state index contributed by atoms with van der Waals surface area (Å²) in [6.45, 7) is 2.91. The monoisotopic (exact) mass is 219 g/mol. The van der Waals surface area contributed by atoms with Gasteiger partial charge in [0.15, 0.2) is 0 Å². The third-order valence-corrected chi connectivity index (χ3v) is 3.51. The van der Waals surface area contributed by atoms with Crippen LogP contribution in [0.1, 0.15) is 31.7 Å². The van der Waals surface area contributed by atoms with Gasteiger partial charge in [-0.15, -0.1) is 0 Å². The fourth-order valence-corrected chi connectivity index (χ4v) is 2.41. The van der Waals surface area contributed by atoms with Crippen LogP contribution in [0.4, 0.5) is 0 Å². The average molecular weight is 219 g/mol. The van der Waals surface area contributed by atoms with Crippen molar-refractivity contribution in [2.24, 2.45) is 11.7 Å². The van der Waals surface area contributed by atoms with Gasteiger partial charge in [-0.1, -0.05) is 19.1 Å². The van der Waals surface area contributed by atoms with Gasteiger partial charge in [-0.3, -0.25) is 0 Å². The molecule has 1 aromatic carbocycles. The third kappa shape index (κ3) is 2.56. The molecule has 16 heavy (non-hydrogen) atoms. The fourth-order valence-electron chi connectivity index (χ4n) is 2.41. The maximum Gasteiger partial charge on any atom is 0.119 e. The van der Waals surface area contributed by atoms with Crippen molar-refractivity contribution in [3.05, 3.63) is 29.8 Å². The molecule has 1 saturated carbocycles. The Hall–Kier alpha value is -1.02. The van der Waals surface area contributed by atoms with Gasteiger partial charge in [-0.05, 0) is 49.9 Å². The van der Waals surface area contributed by atoms with Crippen LogP contribution in [0.2, 0.25) is 0 Å². The molecule has 1 aliphatic carbocycles. The summed E-state index contributed by atoms with van der Waals surface area (Å²) < 4.78 is 6.00. The van der Waals surface area contributed by atoms with Crippen molar-refractivity contribution in [3.63, 3.8) is 0 Å². The molecule has 0 aromatic heterocycles. The zero-order valence-electron chi connectivity index (χ0n) is 9.99. The van der Waals surface area contributed by atoms with Gasteiger partial charge in [-0.2, -0.15) is 0 Å². The van der Waals surface area contributed by atoms with Crippen LogP contribution in [0.15, 0.2) is 24.3 Å². The molecule has 2 unspecified atom stereocenters. The van der Waals surface area contributed by atoms with Crippen molar-refractivity contribution in [1.29, 1.82) is 0 Å². The van der Waals surface area contributed by atoms with E-state index in [9.17, 15) is 0 Å². The Balaban J connectivity index is 1.97. The van der Waals surface area contributed by atoms with E-state index in [0.29, 0.717) is 12.0 Å². The topological polar surface area (TPSA) is 35.2 Å². The summed E-state index contributed by atoms with van der Waals surface area (Å²) in [4.78, 5) is 0. The smallest absolute Gasteiger partial charge is 0.119 e. The largest absolute Gasteiger partial charge is 0.490 e. The number of rotatable bonds is 4. The highest BCUT2D eigenvalue weighted by Crippen LogP contribution is 2.29. The molecule has 0 saturated heterocycles. The molecule has 2 N–H and O–H groups in total. The summed E-state index contributed by atoms with van der Waals surface area (Å²) in [5.41, 5.74) is 7.10. The molecule has 0 aliphatic heterocycles. The zero-order chi connectivity index (χ0) is 11.4. The first kappa shape index (κ1) is 11.5. The molecule has 2 heteroatoms. The Morgan fingerprint density at radius 3 is 2.62 bits per heavy atom. The van der Waals surface area contributed by atoms with Crippen LogP contribution in [-0.4, -0.2) is 12.6 Å². The maximum atomic E-state index is 6.00. The van der Waals surface area contributed by atoms with Crippen LogP contribution in [0.25, 0.3) is 0 Å². The summed E-state index contributed by atoms with van der Waals surface area (Å²) >= 11 is 0. The highest BCUT2D eigenvalue weighted by molar-refractivity contribution is 5.27. The van der Waals surface area contributed by atoms with Gasteiger partial charge in [0.2, 0.25) is 0 Å². The molecule has 0 bridgehead atoms. The van der Waals surface area contributed by atoms with Gasteiger partial charge >= 0.3 is 0 Å². The van der Waals surface area contributed by atoms with Crippen LogP contribution in [0.3, 0.4) is 0 Å². The van der Waals surface area contributed by atoms with Gasteiger partial charge in [0.1, 0.15) is 11.9 Å². The highest BCUT2D eigenvalue weighted by Gasteiger charge is 2.27. The van der Waals surface area contributed by atoms with Gasteiger partial charge in [-0.25, -0.2) is 0 Å². The van der Waals surface area contributed by atoms with Crippen molar-refractivity contribution in [2.45, 2.75) is 38.7 Å². The molecule has 1 aliphatic rings. The van der Waals surface area contributed by atoms with Crippen molar-refractivity contribution in [1.82, 2.24) is 0 Å². The number of benzene rings is 1. The second kappa shape index (κ2) is 5.35. The van der Waals surface area contributed by atoms with Crippen molar-refractivity contribution >= 4 is 0 Å². The predicted molar refractivity (Wildman–Crippen MR) is 66.6 cm³/mol. The lowest BCUT2D eigenvalue weighted by molar-refractivity contribution is 0.162. The first-order chi connectivity index (χ1) is 7.83. The van der Waals surface area contributed by atoms with E-state index in [0.717, 1.165) is 25.1 Å². The summed E-state index contributed by atoms with van der Waals surface area (Å²) in [6.07, 6.45) is 5.03. The van der Waals surface area contributed by atoms with Crippen LogP contribution in [-0.2, 0) is 6.42 Å². The Morgan fingerprint density at radius 1 is 1.25 bits per heavy atom. The Morgan fingerprint density at radius 2 is 2.00 bits per heavy atom. The van der Waals surface area contributed by atoms with E-state index < -0.39 is 0 Å². The summed E-state index contributed by atoms with van der Waals surface area (Å²) in [5, 5.41) is 0. The van der Waals surface area contributed by atoms with Crippen molar-refractivity contribution in [2.75, 3.05) is 6.54 Å². The molecule has 2 rings (SSSR count). The molecule has 0 spiro atoms. The van der Waals surface area contributed by atoms with E-state index >= 15 is 0 Å². The van der Waals surface area contributed by atoms with Crippen LogP contribution in [0, 0.1) is 5.92 Å². The lowest BCUT2D eigenvalue weighted by atomic mass is 10.1. The van der Waals surface area contributed by atoms with Gasteiger partial charge < -0.3 is 10.5 Å². The quantitative estimate of drug-likeness (QED) is 0.845. The summed E-state index contributed by atoms with van der Waals surface area (Å²) in [6, 6.07) is 8.43. The van der Waals surface area contributed by atoms with Gasteiger partial charge in [0.25, 0.3) is 0 Å². The van der Waals surface area contributed by atoms with Gasteiger partial charge in [0, 0.05) is 5.92 Å². The van der Waals surface area contributed by atoms with Crippen LogP contribution < -0.4 is 10.5 Å². The van der Waals surface area contributed by atoms with Crippen molar-refractivity contribution in [3.8, 4) is 5.75 Å². The van der Waals surface area contributed by atoms with Crippen molar-refractivity contribution < 1.29 is 4.74 Å². The molecule has 1 aromatic rings. The number of hydrogen-bond donors (Lipinski definition) is 1. The maximum absolute atomic E-state index is 6.00. The molecule has 2 atom stereocenters. The Bertz CT molecular complexity index is 320. The molecule has 1 fully saturated rings. The van der Waals surface area contributed by atoms with Crippen LogP contribution in [0.5, 0.6) is 5.75 Å². The minimum Gasteiger partial charge on any atom is -0.490 e. The first-order valence-electron chi connectivity index (χ1n) is 6.29.